The molecule has 0 heterocycles. The highest BCUT2D eigenvalue weighted by molar-refractivity contribution is 6.33. The molecule has 0 saturated carbocycles. The molecule has 1 aliphatic rings. The first-order valence-electron chi connectivity index (χ1n) is 9.55. The molecular weight excluding hydrogens is 397 g/mol. The lowest BCUT2D eigenvalue weighted by molar-refractivity contribution is 0.768. The fourth-order valence-electron chi connectivity index (χ4n) is 4.61. The van der Waals surface area contributed by atoms with E-state index in [1.807, 2.05) is 19.1 Å². The Morgan fingerprint density at radius 3 is 1.72 bits per heavy atom. The van der Waals surface area contributed by atoms with Gasteiger partial charge in [-0.25, -0.2) is 0 Å². The highest BCUT2D eigenvalue weighted by Crippen LogP contribution is 2.56. The van der Waals surface area contributed by atoms with Gasteiger partial charge in [-0.05, 0) is 64.1 Å². The maximum Gasteiger partial charge on any atom is 0.0714 e. The Kier molecular flexibility index (Phi) is 4.20. The summed E-state index contributed by atoms with van der Waals surface area (Å²) in [7, 11) is 0. The van der Waals surface area contributed by atoms with Crippen molar-refractivity contribution < 1.29 is 0 Å². The van der Waals surface area contributed by atoms with Crippen LogP contribution in [0.2, 0.25) is 10.0 Å². The average Bonchev–Trinajstić information content (AvgIpc) is 3.04. The number of hydrogen-bond donors (Lipinski definition) is 1. The first kappa shape index (κ1) is 18.3. The van der Waals surface area contributed by atoms with E-state index in [0.29, 0.717) is 10.7 Å². The molecule has 142 valence electrons. The van der Waals surface area contributed by atoms with Gasteiger partial charge >= 0.3 is 0 Å². The molecule has 0 bridgehead atoms. The maximum atomic E-state index is 6.61. The van der Waals surface area contributed by atoms with E-state index >= 15 is 0 Å². The summed E-state index contributed by atoms with van der Waals surface area (Å²) in [5.74, 6) is 0. The van der Waals surface area contributed by atoms with Crippen molar-refractivity contribution in [2.45, 2.75) is 12.3 Å². The van der Waals surface area contributed by atoms with Gasteiger partial charge in [0.15, 0.2) is 0 Å². The predicted octanol–water partition coefficient (Wildman–Crippen LogP) is 7.25. The second-order valence-corrected chi connectivity index (χ2v) is 8.36. The van der Waals surface area contributed by atoms with Crippen LogP contribution in [0.15, 0.2) is 84.9 Å². The molecule has 1 nitrogen and oxygen atoms in total. The summed E-state index contributed by atoms with van der Waals surface area (Å²) in [6.07, 6.45) is 0. The van der Waals surface area contributed by atoms with E-state index in [-0.39, 0.29) is 0 Å². The van der Waals surface area contributed by atoms with Gasteiger partial charge in [0, 0.05) is 5.02 Å². The third-order valence-corrected chi connectivity index (χ3v) is 6.73. The summed E-state index contributed by atoms with van der Waals surface area (Å²) in [6.45, 7) is 2.02. The third kappa shape index (κ3) is 2.55. The molecule has 0 aliphatic heterocycles. The molecule has 29 heavy (non-hydrogen) atoms. The van der Waals surface area contributed by atoms with Crippen molar-refractivity contribution in [3.63, 3.8) is 0 Å². The Balaban J connectivity index is 1.97. The van der Waals surface area contributed by atoms with Crippen LogP contribution in [0.25, 0.3) is 11.1 Å². The normalized spacial score (nSPS) is 13.8. The SMILES string of the molecule is Cc1ccc(C2(c3ccc(N)c(Cl)c3)c3ccccc3-c3ccccc32)cc1Cl. The minimum atomic E-state index is -0.512. The number of nitrogen functional groups attached to an aromatic ring is 1. The van der Waals surface area contributed by atoms with Crippen molar-refractivity contribution >= 4 is 28.9 Å². The monoisotopic (exact) mass is 415 g/mol. The molecule has 0 unspecified atom stereocenters. The molecule has 4 aromatic carbocycles. The number of benzene rings is 4. The van der Waals surface area contributed by atoms with Crippen LogP contribution in [-0.4, -0.2) is 0 Å². The highest BCUT2D eigenvalue weighted by Gasteiger charge is 2.46. The summed E-state index contributed by atoms with van der Waals surface area (Å²) in [4.78, 5) is 0. The van der Waals surface area contributed by atoms with Crippen molar-refractivity contribution in [1.82, 2.24) is 0 Å². The van der Waals surface area contributed by atoms with Crippen molar-refractivity contribution in [2.75, 3.05) is 5.73 Å². The molecule has 5 rings (SSSR count). The zero-order valence-electron chi connectivity index (χ0n) is 15.9. The molecule has 0 saturated heterocycles. The van der Waals surface area contributed by atoms with E-state index in [0.717, 1.165) is 21.7 Å². The van der Waals surface area contributed by atoms with Gasteiger partial charge in [0.25, 0.3) is 0 Å². The molecule has 0 amide bonds. The lowest BCUT2D eigenvalue weighted by atomic mass is 9.67. The molecule has 2 N–H and O–H groups in total. The number of nitrogens with two attached hydrogens (primary N) is 1. The van der Waals surface area contributed by atoms with Crippen LogP contribution in [0, 0.1) is 6.92 Å². The minimum absolute atomic E-state index is 0.512. The number of fused-ring (bicyclic) bond motifs is 3. The fourth-order valence-corrected chi connectivity index (χ4v) is 4.97. The molecule has 3 heteroatoms. The van der Waals surface area contributed by atoms with E-state index in [1.54, 1.807) is 0 Å². The molecule has 0 aromatic heterocycles. The Labute approximate surface area is 180 Å². The van der Waals surface area contributed by atoms with E-state index in [4.69, 9.17) is 28.9 Å². The van der Waals surface area contributed by atoms with Crippen molar-refractivity contribution in [3.8, 4) is 11.1 Å². The molecule has 0 radical (unpaired) electrons. The number of hydrogen-bond acceptors (Lipinski definition) is 1. The maximum absolute atomic E-state index is 6.61. The number of halogens is 2. The summed E-state index contributed by atoms with van der Waals surface area (Å²) in [6, 6.07) is 29.4. The molecule has 4 aromatic rings. The molecular formula is C26H19Cl2N. The van der Waals surface area contributed by atoms with Gasteiger partial charge in [-0.2, -0.15) is 0 Å². The van der Waals surface area contributed by atoms with Crippen LogP contribution in [-0.2, 0) is 5.41 Å². The number of anilines is 1. The van der Waals surface area contributed by atoms with E-state index in [1.165, 1.54) is 22.3 Å². The largest absolute Gasteiger partial charge is 0.398 e. The van der Waals surface area contributed by atoms with Crippen molar-refractivity contribution in [3.05, 3.63) is 123 Å². The Morgan fingerprint density at radius 2 is 1.17 bits per heavy atom. The second kappa shape index (κ2) is 6.66. The van der Waals surface area contributed by atoms with Gasteiger partial charge in [0.05, 0.1) is 16.1 Å². The first-order chi connectivity index (χ1) is 14.0. The summed E-state index contributed by atoms with van der Waals surface area (Å²) < 4.78 is 0. The number of aryl methyl sites for hydroxylation is 1. The minimum Gasteiger partial charge on any atom is -0.398 e. The molecule has 0 spiro atoms. The molecule has 0 fully saturated rings. The van der Waals surface area contributed by atoms with Crippen LogP contribution in [0.3, 0.4) is 0 Å². The van der Waals surface area contributed by atoms with Crippen LogP contribution < -0.4 is 5.73 Å². The first-order valence-corrected chi connectivity index (χ1v) is 10.3. The molecule has 1 aliphatic carbocycles. The highest BCUT2D eigenvalue weighted by atomic mass is 35.5. The third-order valence-electron chi connectivity index (χ3n) is 5.99. The van der Waals surface area contributed by atoms with Gasteiger partial charge in [-0.15, -0.1) is 0 Å². The quantitative estimate of drug-likeness (QED) is 0.302. The van der Waals surface area contributed by atoms with Gasteiger partial charge in [-0.1, -0.05) is 89.9 Å². The van der Waals surface area contributed by atoms with Gasteiger partial charge in [-0.3, -0.25) is 0 Å². The van der Waals surface area contributed by atoms with Crippen molar-refractivity contribution in [2.24, 2.45) is 0 Å². The van der Waals surface area contributed by atoms with E-state index < -0.39 is 5.41 Å². The van der Waals surface area contributed by atoms with Crippen LogP contribution >= 0.6 is 23.2 Å². The second-order valence-electron chi connectivity index (χ2n) is 7.54. The Morgan fingerprint density at radius 1 is 0.655 bits per heavy atom. The standard InChI is InChI=1S/C26H19Cl2N/c1-16-10-11-17(14-23(16)27)26(18-12-13-25(29)24(28)15-18)21-8-4-2-6-19(21)20-7-3-5-9-22(20)26/h2-15H,29H2,1H3. The van der Waals surface area contributed by atoms with Crippen LogP contribution in [0.1, 0.15) is 27.8 Å². The zero-order valence-corrected chi connectivity index (χ0v) is 17.4. The molecule has 0 atom stereocenters. The van der Waals surface area contributed by atoms with Gasteiger partial charge in [0.1, 0.15) is 0 Å². The zero-order chi connectivity index (χ0) is 20.2. The number of rotatable bonds is 2. The Hall–Kier alpha value is -2.74. The lowest BCUT2D eigenvalue weighted by Crippen LogP contribution is -2.28. The van der Waals surface area contributed by atoms with Crippen molar-refractivity contribution in [1.29, 1.82) is 0 Å². The lowest BCUT2D eigenvalue weighted by Gasteiger charge is -2.34. The average molecular weight is 416 g/mol. The van der Waals surface area contributed by atoms with Gasteiger partial charge < -0.3 is 5.73 Å². The van der Waals surface area contributed by atoms with Crippen LogP contribution in [0.5, 0.6) is 0 Å². The summed E-state index contributed by atoms with van der Waals surface area (Å²) in [5, 5.41) is 1.31. The topological polar surface area (TPSA) is 26.0 Å². The van der Waals surface area contributed by atoms with E-state index in [9.17, 15) is 0 Å². The van der Waals surface area contributed by atoms with Gasteiger partial charge in [0.2, 0.25) is 0 Å². The Bertz CT molecular complexity index is 1160. The predicted molar refractivity (Wildman–Crippen MR) is 123 cm³/mol. The van der Waals surface area contributed by atoms with E-state index in [2.05, 4.69) is 72.8 Å². The fraction of sp³-hybridized carbons (Fsp3) is 0.0769. The summed E-state index contributed by atoms with van der Waals surface area (Å²) in [5.41, 5.74) is 14.3. The summed E-state index contributed by atoms with van der Waals surface area (Å²) >= 11 is 13.1. The van der Waals surface area contributed by atoms with Crippen LogP contribution in [0.4, 0.5) is 5.69 Å². The smallest absolute Gasteiger partial charge is 0.0714 e.